The fourth-order valence-corrected chi connectivity index (χ4v) is 7.38. The van der Waals surface area contributed by atoms with Gasteiger partial charge < -0.3 is 15.7 Å². The van der Waals surface area contributed by atoms with Gasteiger partial charge in [0.2, 0.25) is 0 Å². The Hall–Kier alpha value is -6.24. The van der Waals surface area contributed by atoms with Gasteiger partial charge in [-0.05, 0) is 120 Å². The summed E-state index contributed by atoms with van der Waals surface area (Å²) >= 11 is 0. The van der Waals surface area contributed by atoms with Gasteiger partial charge in [-0.25, -0.2) is 0 Å². The van der Waals surface area contributed by atoms with E-state index in [1.165, 1.54) is 18.2 Å². The Morgan fingerprint density at radius 3 is 1.21 bits per heavy atom. The van der Waals surface area contributed by atoms with Gasteiger partial charge in [0.25, 0.3) is 11.8 Å². The molecule has 0 aromatic heterocycles. The van der Waals surface area contributed by atoms with Crippen molar-refractivity contribution >= 4 is 35.5 Å². The van der Waals surface area contributed by atoms with Crippen LogP contribution in [0, 0.1) is 0 Å². The minimum absolute atomic E-state index is 0.00891. The topological polar surface area (TPSA) is 113 Å². The molecule has 3 N–H and O–H groups in total. The van der Waals surface area contributed by atoms with Crippen LogP contribution in [0.15, 0.2) is 84.9 Å². The maximum Gasteiger partial charge on any atom is 0.416 e. The molecule has 2 unspecified atom stereocenters. The Balaban J connectivity index is 0.000000247. The van der Waals surface area contributed by atoms with Gasteiger partial charge in [-0.3, -0.25) is 19.2 Å². The molecule has 2 atom stereocenters. The molecular formula is C47H40F12N2O5. The lowest BCUT2D eigenvalue weighted by molar-refractivity contribution is -0.144. The second-order valence-corrected chi connectivity index (χ2v) is 15.5. The molecule has 66 heavy (non-hydrogen) atoms. The summed E-state index contributed by atoms with van der Waals surface area (Å²) in [4.78, 5) is 48.0. The van der Waals surface area contributed by atoms with E-state index in [9.17, 15) is 71.9 Å². The molecule has 4 aromatic rings. The molecule has 0 saturated carbocycles. The summed E-state index contributed by atoms with van der Waals surface area (Å²) in [6.45, 7) is 1.12. The fourth-order valence-electron chi connectivity index (χ4n) is 7.38. The number of nitrogens with one attached hydrogen (secondary N) is 2. The van der Waals surface area contributed by atoms with Crippen molar-refractivity contribution in [3.63, 3.8) is 0 Å². The molecule has 0 heterocycles. The number of benzene rings is 4. The first-order valence-electron chi connectivity index (χ1n) is 20.3. The van der Waals surface area contributed by atoms with Gasteiger partial charge in [0.15, 0.2) is 11.6 Å². The monoisotopic (exact) mass is 940 g/mol. The summed E-state index contributed by atoms with van der Waals surface area (Å²) in [5.74, 6) is -2.56. The quantitative estimate of drug-likeness (QED) is 0.108. The number of fused-ring (bicyclic) bond motifs is 2. The predicted molar refractivity (Wildman–Crippen MR) is 218 cm³/mol. The zero-order valence-electron chi connectivity index (χ0n) is 34.7. The number of alkyl halides is 12. The third kappa shape index (κ3) is 13.4. The number of aliphatic hydroxyl groups excluding tert-OH is 1. The Morgan fingerprint density at radius 1 is 0.545 bits per heavy atom. The molecular weight excluding hydrogens is 901 g/mol. The normalized spacial score (nSPS) is 16.5. The average Bonchev–Trinajstić information content (AvgIpc) is 3.26. The number of aryl methyl sites for hydroxylation is 2. The summed E-state index contributed by atoms with van der Waals surface area (Å²) in [7, 11) is 0. The van der Waals surface area contributed by atoms with Crippen molar-refractivity contribution in [1.29, 1.82) is 0 Å². The van der Waals surface area contributed by atoms with Crippen molar-refractivity contribution in [2.45, 2.75) is 88.7 Å². The number of amides is 2. The van der Waals surface area contributed by atoms with Crippen LogP contribution in [0.2, 0.25) is 0 Å². The third-order valence-corrected chi connectivity index (χ3v) is 10.7. The first-order chi connectivity index (χ1) is 30.8. The summed E-state index contributed by atoms with van der Waals surface area (Å²) < 4.78 is 157. The van der Waals surface area contributed by atoms with Gasteiger partial charge >= 0.3 is 24.7 Å². The summed E-state index contributed by atoms with van der Waals surface area (Å²) in [6.07, 6.45) is -10.3. The maximum absolute atomic E-state index is 13.1. The average molecular weight is 941 g/mol. The lowest BCUT2D eigenvalue weighted by Crippen LogP contribution is -2.31. The lowest BCUT2D eigenvalue weighted by Gasteiger charge is -2.27. The number of allylic oxidation sites excluding steroid dienone is 1. The van der Waals surface area contributed by atoms with E-state index in [-0.39, 0.29) is 17.9 Å². The SMILES string of the molecule is CCC(=O)/C=C/c1ccc2c(c1)CCCC2NC(=O)c1cc(C(F)(F)F)cc(C(F)(F)F)c1.O=C(/C=C/c1ccc2c(c1)CCCC2NC(=O)c1cc(C(F)(F)F)cc(C(F)(F)F)c1)CO. The van der Waals surface area contributed by atoms with Crippen LogP contribution in [0.25, 0.3) is 12.2 Å². The van der Waals surface area contributed by atoms with E-state index in [4.69, 9.17) is 5.11 Å². The minimum atomic E-state index is -5.05. The van der Waals surface area contributed by atoms with Crippen LogP contribution in [0.3, 0.4) is 0 Å². The number of halogens is 12. The van der Waals surface area contributed by atoms with E-state index in [1.54, 1.807) is 43.3 Å². The highest BCUT2D eigenvalue weighted by atomic mass is 19.4. The number of carbonyl (C=O) groups excluding carboxylic acids is 4. The van der Waals surface area contributed by atoms with Gasteiger partial charge in [0.1, 0.15) is 6.61 Å². The van der Waals surface area contributed by atoms with Gasteiger partial charge in [0.05, 0.1) is 34.3 Å². The molecule has 0 aliphatic heterocycles. The van der Waals surface area contributed by atoms with Crippen LogP contribution >= 0.6 is 0 Å². The molecule has 0 saturated heterocycles. The molecule has 2 aliphatic rings. The first kappa shape index (κ1) is 50.8. The molecule has 2 amide bonds. The van der Waals surface area contributed by atoms with Crippen LogP contribution < -0.4 is 10.6 Å². The zero-order valence-corrected chi connectivity index (χ0v) is 34.7. The van der Waals surface area contributed by atoms with Crippen LogP contribution in [0.4, 0.5) is 52.7 Å². The zero-order chi connectivity index (χ0) is 48.8. The maximum atomic E-state index is 13.1. The molecule has 0 bridgehead atoms. The van der Waals surface area contributed by atoms with Gasteiger partial charge in [0, 0.05) is 17.5 Å². The van der Waals surface area contributed by atoms with E-state index in [1.807, 2.05) is 6.07 Å². The standard InChI is InChI=1S/C24H21F6NO2.C23H19F6NO3/c1-2-19(32)8-6-14-7-9-20-15(10-14)4-3-5-21(20)31-22(33)16-11-17(23(25,26)27)13-18(12-16)24(28,29)30;24-22(25,26)16-9-15(10-17(11-16)23(27,28)29)21(33)30-20-3-1-2-14-8-13(5-7-19(14)20)4-6-18(32)12-31/h6-13,21H,2-5H2,1H3,(H,31,33);4-11,20,31H,1-3,12H2,(H,30,33)/b8-6+;6-4+. The second-order valence-electron chi connectivity index (χ2n) is 15.5. The molecule has 0 spiro atoms. The van der Waals surface area contributed by atoms with E-state index in [2.05, 4.69) is 10.6 Å². The van der Waals surface area contributed by atoms with Crippen molar-refractivity contribution in [2.24, 2.45) is 0 Å². The van der Waals surface area contributed by atoms with E-state index < -0.39 is 94.4 Å². The van der Waals surface area contributed by atoms with Crippen molar-refractivity contribution in [2.75, 3.05) is 6.61 Å². The smallest absolute Gasteiger partial charge is 0.388 e. The number of carbonyl (C=O) groups is 4. The Bertz CT molecular complexity index is 2280. The largest absolute Gasteiger partial charge is 0.416 e. The Kier molecular flexibility index (Phi) is 15.8. The molecule has 6 rings (SSSR count). The molecule has 19 heteroatoms. The van der Waals surface area contributed by atoms with Crippen LogP contribution in [0.5, 0.6) is 0 Å². The predicted octanol–water partition coefficient (Wildman–Crippen LogP) is 11.6. The highest BCUT2D eigenvalue weighted by Gasteiger charge is 2.39. The highest BCUT2D eigenvalue weighted by Crippen LogP contribution is 2.39. The van der Waals surface area contributed by atoms with Crippen LogP contribution in [0.1, 0.15) is 127 Å². The van der Waals surface area contributed by atoms with Crippen molar-refractivity contribution in [3.05, 3.63) is 152 Å². The molecule has 0 fully saturated rings. The number of rotatable bonds is 10. The first-order valence-corrected chi connectivity index (χ1v) is 20.3. The molecule has 0 radical (unpaired) electrons. The Labute approximate surface area is 369 Å². The number of ketones is 2. The number of aliphatic hydroxyl groups is 1. The van der Waals surface area contributed by atoms with Gasteiger partial charge in [-0.2, -0.15) is 52.7 Å². The van der Waals surface area contributed by atoms with Crippen LogP contribution in [-0.4, -0.2) is 35.1 Å². The van der Waals surface area contributed by atoms with Gasteiger partial charge in [-0.15, -0.1) is 0 Å². The van der Waals surface area contributed by atoms with Crippen molar-refractivity contribution in [3.8, 4) is 0 Å². The molecule has 7 nitrogen and oxygen atoms in total. The van der Waals surface area contributed by atoms with E-state index >= 15 is 0 Å². The number of hydrogen-bond donors (Lipinski definition) is 3. The van der Waals surface area contributed by atoms with Crippen LogP contribution in [-0.2, 0) is 47.1 Å². The third-order valence-electron chi connectivity index (χ3n) is 10.7. The minimum Gasteiger partial charge on any atom is -0.388 e. The second kappa shape index (κ2) is 20.5. The van der Waals surface area contributed by atoms with Crippen molar-refractivity contribution < 1.29 is 77.0 Å². The van der Waals surface area contributed by atoms with E-state index in [0.717, 1.165) is 22.3 Å². The molecule has 352 valence electrons. The van der Waals surface area contributed by atoms with Gasteiger partial charge in [-0.1, -0.05) is 55.5 Å². The summed E-state index contributed by atoms with van der Waals surface area (Å²) in [6, 6.07) is 11.0. The summed E-state index contributed by atoms with van der Waals surface area (Å²) in [5.41, 5.74) is -2.98. The molecule has 4 aromatic carbocycles. The fraction of sp³-hybridized carbons (Fsp3) is 0.319. The summed E-state index contributed by atoms with van der Waals surface area (Å²) in [5, 5.41) is 13.9. The van der Waals surface area contributed by atoms with E-state index in [0.29, 0.717) is 80.3 Å². The van der Waals surface area contributed by atoms with Crippen molar-refractivity contribution in [1.82, 2.24) is 10.6 Å². The Morgan fingerprint density at radius 2 is 0.894 bits per heavy atom. The molecule has 2 aliphatic carbocycles. The lowest BCUT2D eigenvalue weighted by atomic mass is 9.86. The number of hydrogen-bond acceptors (Lipinski definition) is 5. The highest BCUT2D eigenvalue weighted by molar-refractivity contribution is 5.96.